The number of alkyl halides is 1. The highest BCUT2D eigenvalue weighted by Crippen LogP contribution is 2.40. The van der Waals surface area contributed by atoms with Crippen molar-refractivity contribution in [1.82, 2.24) is 24.9 Å². The van der Waals surface area contributed by atoms with Gasteiger partial charge in [0.2, 0.25) is 5.91 Å². The Morgan fingerprint density at radius 1 is 0.877 bits per heavy atom. The molecule has 1 N–H and O–H groups in total. The van der Waals surface area contributed by atoms with Crippen molar-refractivity contribution >= 4 is 46.2 Å². The van der Waals surface area contributed by atoms with Crippen LogP contribution in [0.5, 0.6) is 23.0 Å². The summed E-state index contributed by atoms with van der Waals surface area (Å²) < 4.78 is 35.5. The molecule has 0 saturated carbocycles. The smallest absolute Gasteiger partial charge is 0.329 e. The maximum absolute atomic E-state index is 16.5. The number of anilines is 2. The number of urea groups is 1. The fourth-order valence-electron chi connectivity index (χ4n) is 9.68. The number of amides is 5. The number of hydrogen-bond donors (Lipinski definition) is 1. The minimum atomic E-state index is -1.34. The van der Waals surface area contributed by atoms with E-state index < -0.39 is 29.6 Å². The number of aryl methyl sites for hydroxylation is 1. The Kier molecular flexibility index (Phi) is 11.9. The second-order valence-electron chi connectivity index (χ2n) is 17.2. The van der Waals surface area contributed by atoms with Gasteiger partial charge in [-0.05, 0) is 104 Å². The number of carbonyl (C=O) groups excluding carboxylic acids is 4. The minimum absolute atomic E-state index is 0.0905. The van der Waals surface area contributed by atoms with Crippen molar-refractivity contribution in [2.45, 2.75) is 63.1 Å². The lowest BCUT2D eigenvalue weighted by atomic mass is 9.87. The number of carbonyl (C=O) groups is 4. The van der Waals surface area contributed by atoms with E-state index in [1.54, 1.807) is 42.1 Å². The molecule has 0 radical (unpaired) electrons. The number of nitriles is 1. The molecule has 0 spiro atoms. The Hall–Kier alpha value is -6.99. The number of imide groups is 2. The molecular formula is C49H51FN8O7. The standard InChI is InChI=1S/C49H51FN8O7/c1-4-64-43-27-33(7-14-42(43)63-3)40(15-21-51)58-46(60)37-12-8-34(28-39(37)47(58)61)56-25-19-49(50,20-26-56)30-55-22-16-32(17-23-55)31-5-9-35(10-6-31)65-36-11-13-38-41(29-36)54(2)53-45(38)57-24-18-44(59)52-48(57)62/h5-14,27-29,32,40H,4,15-20,22-26,30H2,1-3H3,(H,52,59,62)/t40-/m1/s1. The highest BCUT2D eigenvalue weighted by molar-refractivity contribution is 6.22. The predicted octanol–water partition coefficient (Wildman–Crippen LogP) is 7.66. The van der Waals surface area contributed by atoms with E-state index in [1.807, 2.05) is 43.3 Å². The third kappa shape index (κ3) is 8.55. The molecule has 0 unspecified atom stereocenters. The summed E-state index contributed by atoms with van der Waals surface area (Å²) in [5, 5.41) is 17.4. The van der Waals surface area contributed by atoms with Crippen molar-refractivity contribution in [3.63, 3.8) is 0 Å². The minimum Gasteiger partial charge on any atom is -0.493 e. The molecule has 4 aliphatic rings. The predicted molar refractivity (Wildman–Crippen MR) is 241 cm³/mol. The zero-order valence-electron chi connectivity index (χ0n) is 36.7. The number of nitrogens with one attached hydrogen (secondary N) is 1. The highest BCUT2D eigenvalue weighted by Gasteiger charge is 2.42. The number of methoxy groups -OCH3 is 1. The van der Waals surface area contributed by atoms with Gasteiger partial charge in [-0.15, -0.1) is 0 Å². The van der Waals surface area contributed by atoms with Gasteiger partial charge in [0.15, 0.2) is 17.3 Å². The molecule has 5 amide bonds. The Labute approximate surface area is 376 Å². The molecule has 65 heavy (non-hydrogen) atoms. The van der Waals surface area contributed by atoms with Crippen LogP contribution in [0, 0.1) is 11.3 Å². The number of aromatic nitrogens is 2. The van der Waals surface area contributed by atoms with Gasteiger partial charge in [-0.3, -0.25) is 34.2 Å². The van der Waals surface area contributed by atoms with Crippen molar-refractivity contribution in [3.05, 3.63) is 101 Å². The Morgan fingerprint density at radius 3 is 2.32 bits per heavy atom. The molecule has 4 aliphatic heterocycles. The Morgan fingerprint density at radius 2 is 1.62 bits per heavy atom. The normalized spacial score (nSPS) is 18.4. The number of halogens is 1. The van der Waals surface area contributed by atoms with Gasteiger partial charge in [0.05, 0.1) is 48.9 Å². The summed E-state index contributed by atoms with van der Waals surface area (Å²) in [5.74, 6) is 1.93. The Bertz CT molecular complexity index is 2700. The summed E-state index contributed by atoms with van der Waals surface area (Å²) in [6.45, 7) is 5.43. The van der Waals surface area contributed by atoms with Crippen LogP contribution in [0.1, 0.15) is 89.3 Å². The van der Waals surface area contributed by atoms with Crippen LogP contribution in [-0.2, 0) is 11.8 Å². The summed E-state index contributed by atoms with van der Waals surface area (Å²) in [6.07, 6.45) is 2.67. The molecule has 336 valence electrons. The van der Waals surface area contributed by atoms with E-state index >= 15 is 4.39 Å². The van der Waals surface area contributed by atoms with Gasteiger partial charge >= 0.3 is 6.03 Å². The van der Waals surface area contributed by atoms with Gasteiger partial charge in [0.1, 0.15) is 17.2 Å². The van der Waals surface area contributed by atoms with E-state index in [4.69, 9.17) is 14.2 Å². The molecule has 1 aromatic heterocycles. The third-order valence-corrected chi connectivity index (χ3v) is 13.2. The lowest BCUT2D eigenvalue weighted by Crippen LogP contribution is -2.49. The number of rotatable bonds is 13. The number of piperidine rings is 2. The second-order valence-corrected chi connectivity index (χ2v) is 17.2. The second kappa shape index (κ2) is 17.9. The molecule has 0 aliphatic carbocycles. The molecule has 4 aromatic carbocycles. The fourth-order valence-corrected chi connectivity index (χ4v) is 9.68. The third-order valence-electron chi connectivity index (χ3n) is 13.2. The number of likely N-dealkylation sites (tertiary alicyclic amines) is 1. The first-order valence-electron chi connectivity index (χ1n) is 22.2. The zero-order chi connectivity index (χ0) is 45.4. The topological polar surface area (TPSA) is 163 Å². The van der Waals surface area contributed by atoms with Crippen molar-refractivity contribution in [3.8, 4) is 29.1 Å². The largest absolute Gasteiger partial charge is 0.493 e. The highest BCUT2D eigenvalue weighted by atomic mass is 19.1. The lowest BCUT2D eigenvalue weighted by molar-refractivity contribution is -0.120. The van der Waals surface area contributed by atoms with Gasteiger partial charge in [0, 0.05) is 69.6 Å². The van der Waals surface area contributed by atoms with Gasteiger partial charge < -0.3 is 24.0 Å². The van der Waals surface area contributed by atoms with E-state index in [0.717, 1.165) is 42.5 Å². The van der Waals surface area contributed by atoms with Crippen LogP contribution in [0.15, 0.2) is 78.9 Å². The number of ether oxygens (including phenoxy) is 3. The molecule has 3 saturated heterocycles. The van der Waals surface area contributed by atoms with Gasteiger partial charge in [-0.2, -0.15) is 10.4 Å². The first-order chi connectivity index (χ1) is 31.4. The maximum atomic E-state index is 16.5. The molecule has 5 aromatic rings. The van der Waals surface area contributed by atoms with E-state index in [1.165, 1.54) is 22.5 Å². The van der Waals surface area contributed by atoms with E-state index in [2.05, 4.69) is 38.4 Å². The zero-order valence-corrected chi connectivity index (χ0v) is 36.7. The molecule has 1 atom stereocenters. The SMILES string of the molecule is CCOc1cc([C@@H](CC#N)N2C(=O)c3ccc(N4CCC(F)(CN5CCC(c6ccc(Oc7ccc8c(N9CCC(=O)NC9=O)nn(C)c8c7)cc6)CC5)CC4)cc3C2=O)ccc1OC. The van der Waals surface area contributed by atoms with Crippen LogP contribution in [-0.4, -0.2) is 102 Å². The lowest BCUT2D eigenvalue weighted by Gasteiger charge is -2.42. The molecular weight excluding hydrogens is 832 g/mol. The van der Waals surface area contributed by atoms with Crippen LogP contribution in [0.25, 0.3) is 10.9 Å². The number of benzene rings is 4. The van der Waals surface area contributed by atoms with Crippen LogP contribution in [0.4, 0.5) is 20.7 Å². The molecule has 9 rings (SSSR count). The van der Waals surface area contributed by atoms with Crippen LogP contribution < -0.4 is 29.3 Å². The summed E-state index contributed by atoms with van der Waals surface area (Å²) in [6, 6.07) is 25.0. The molecule has 15 nitrogen and oxygen atoms in total. The van der Waals surface area contributed by atoms with Crippen LogP contribution >= 0.6 is 0 Å². The van der Waals surface area contributed by atoms with Gasteiger partial charge in [0.25, 0.3) is 11.8 Å². The first kappa shape index (κ1) is 43.3. The van der Waals surface area contributed by atoms with Crippen molar-refractivity contribution < 1.29 is 37.8 Å². The number of hydrogen-bond acceptors (Lipinski definition) is 11. The van der Waals surface area contributed by atoms with Crippen molar-refractivity contribution in [1.29, 1.82) is 5.26 Å². The molecule has 3 fully saturated rings. The van der Waals surface area contributed by atoms with Crippen LogP contribution in [0.2, 0.25) is 0 Å². The summed E-state index contributed by atoms with van der Waals surface area (Å²) in [4.78, 5) is 58.7. The number of fused-ring (bicyclic) bond motifs is 2. The van der Waals surface area contributed by atoms with E-state index in [-0.39, 0.29) is 36.4 Å². The summed E-state index contributed by atoms with van der Waals surface area (Å²) in [7, 11) is 3.34. The van der Waals surface area contributed by atoms with Crippen molar-refractivity contribution in [2.75, 3.05) is 62.8 Å². The van der Waals surface area contributed by atoms with Crippen molar-refractivity contribution in [2.24, 2.45) is 7.05 Å². The average Bonchev–Trinajstić information content (AvgIpc) is 3.76. The summed E-state index contributed by atoms with van der Waals surface area (Å²) in [5.41, 5.74) is 2.59. The quantitative estimate of drug-likeness (QED) is 0.116. The van der Waals surface area contributed by atoms with E-state index in [9.17, 15) is 24.4 Å². The van der Waals surface area contributed by atoms with Gasteiger partial charge in [-0.1, -0.05) is 18.2 Å². The molecule has 0 bridgehead atoms. The monoisotopic (exact) mass is 882 g/mol. The first-order valence-corrected chi connectivity index (χ1v) is 22.2. The van der Waals surface area contributed by atoms with E-state index in [0.29, 0.717) is 79.4 Å². The molecule has 16 heteroatoms. The Balaban J connectivity index is 0.772. The average molecular weight is 883 g/mol. The fraction of sp³-hybridized carbons (Fsp3) is 0.388. The maximum Gasteiger partial charge on any atom is 0.329 e. The van der Waals surface area contributed by atoms with Gasteiger partial charge in [-0.25, -0.2) is 9.18 Å². The molecule has 5 heterocycles. The van der Waals surface area contributed by atoms with Crippen LogP contribution in [0.3, 0.4) is 0 Å². The number of nitrogens with zero attached hydrogens (tertiary/aromatic N) is 7. The summed E-state index contributed by atoms with van der Waals surface area (Å²) >= 11 is 0.